The molecule has 2 aromatic carbocycles. The maximum absolute atomic E-state index is 12.7. The van der Waals surface area contributed by atoms with Gasteiger partial charge in [-0.3, -0.25) is 9.36 Å². The minimum atomic E-state index is -0.203. The van der Waals surface area contributed by atoms with E-state index in [0.717, 1.165) is 16.3 Å². The standard InChI is InChI=1S/C27H25N5O4S2/c1-34-21-11-10-18(15-23(21)35-2)12-13-28-26(33)20-16-37-24(29-20)17-38-27-31-30-25(22-9-6-14-36-22)32(27)19-7-4-3-5-8-19/h3-11,14-16H,12-13,17H2,1-2H3,(H,28,33). The molecule has 3 aromatic heterocycles. The molecule has 0 aliphatic carbocycles. The number of para-hydroxylation sites is 1. The molecule has 5 rings (SSSR count). The van der Waals surface area contributed by atoms with Gasteiger partial charge in [0.1, 0.15) is 10.7 Å². The van der Waals surface area contributed by atoms with E-state index in [1.54, 1.807) is 25.9 Å². The van der Waals surface area contributed by atoms with Gasteiger partial charge in [-0.15, -0.1) is 21.5 Å². The van der Waals surface area contributed by atoms with Gasteiger partial charge in [0.25, 0.3) is 5.91 Å². The minimum absolute atomic E-state index is 0.203. The van der Waals surface area contributed by atoms with E-state index in [2.05, 4.69) is 20.5 Å². The molecule has 0 bridgehead atoms. The van der Waals surface area contributed by atoms with Crippen molar-refractivity contribution < 1.29 is 18.7 Å². The lowest BCUT2D eigenvalue weighted by Gasteiger charge is -2.09. The Hall–Kier alpha value is -4.09. The van der Waals surface area contributed by atoms with Gasteiger partial charge in [0.2, 0.25) is 5.82 Å². The number of benzene rings is 2. The number of furan rings is 1. The van der Waals surface area contributed by atoms with Crippen molar-refractivity contribution in [1.82, 2.24) is 25.1 Å². The van der Waals surface area contributed by atoms with E-state index in [4.69, 9.17) is 13.9 Å². The zero-order chi connectivity index (χ0) is 26.3. The molecule has 11 heteroatoms. The molecule has 0 saturated carbocycles. The van der Waals surface area contributed by atoms with Crippen LogP contribution in [0.1, 0.15) is 21.1 Å². The summed E-state index contributed by atoms with van der Waals surface area (Å²) in [5.74, 6) is 2.94. The van der Waals surface area contributed by atoms with Gasteiger partial charge in [-0.1, -0.05) is 36.0 Å². The Labute approximate surface area is 227 Å². The average Bonchev–Trinajstić information content (AvgIpc) is 3.73. The molecular formula is C27H25N5O4S2. The van der Waals surface area contributed by atoms with Crippen molar-refractivity contribution in [3.8, 4) is 28.8 Å². The largest absolute Gasteiger partial charge is 0.493 e. The third-order valence-corrected chi connectivity index (χ3v) is 7.62. The highest BCUT2D eigenvalue weighted by molar-refractivity contribution is 7.98. The van der Waals surface area contributed by atoms with Crippen LogP contribution in [0.5, 0.6) is 11.5 Å². The van der Waals surface area contributed by atoms with Crippen LogP contribution in [0, 0.1) is 0 Å². The molecule has 5 aromatic rings. The molecule has 0 aliphatic heterocycles. The first-order valence-electron chi connectivity index (χ1n) is 11.8. The van der Waals surface area contributed by atoms with Crippen LogP contribution in [-0.4, -0.2) is 46.4 Å². The normalized spacial score (nSPS) is 10.9. The minimum Gasteiger partial charge on any atom is -0.493 e. The van der Waals surface area contributed by atoms with E-state index in [9.17, 15) is 4.79 Å². The first-order chi connectivity index (χ1) is 18.7. The third kappa shape index (κ3) is 5.74. The molecule has 1 N–H and O–H groups in total. The highest BCUT2D eigenvalue weighted by atomic mass is 32.2. The molecule has 0 unspecified atom stereocenters. The Balaban J connectivity index is 1.21. The van der Waals surface area contributed by atoms with Crippen molar-refractivity contribution in [2.24, 2.45) is 0 Å². The molecule has 0 saturated heterocycles. The van der Waals surface area contributed by atoms with Crippen LogP contribution in [0.4, 0.5) is 0 Å². The summed E-state index contributed by atoms with van der Waals surface area (Å²) in [7, 11) is 3.20. The number of nitrogens with one attached hydrogen (secondary N) is 1. The van der Waals surface area contributed by atoms with Crippen molar-refractivity contribution >= 4 is 29.0 Å². The second kappa shape index (κ2) is 12.0. The van der Waals surface area contributed by atoms with E-state index < -0.39 is 0 Å². The second-order valence-corrected chi connectivity index (χ2v) is 9.95. The summed E-state index contributed by atoms with van der Waals surface area (Å²) >= 11 is 2.94. The molecule has 194 valence electrons. The monoisotopic (exact) mass is 547 g/mol. The van der Waals surface area contributed by atoms with E-state index in [0.29, 0.717) is 52.7 Å². The maximum atomic E-state index is 12.7. The molecule has 0 spiro atoms. The number of hydrogen-bond donors (Lipinski definition) is 1. The first kappa shape index (κ1) is 25.6. The number of methoxy groups -OCH3 is 2. The zero-order valence-electron chi connectivity index (χ0n) is 20.8. The van der Waals surface area contributed by atoms with E-state index in [1.807, 2.05) is 65.2 Å². The number of amides is 1. The molecule has 3 heterocycles. The number of thioether (sulfide) groups is 1. The molecule has 1 amide bonds. The van der Waals surface area contributed by atoms with Crippen LogP contribution >= 0.6 is 23.1 Å². The zero-order valence-corrected chi connectivity index (χ0v) is 22.4. The smallest absolute Gasteiger partial charge is 0.270 e. The summed E-state index contributed by atoms with van der Waals surface area (Å²) in [6.45, 7) is 0.478. The maximum Gasteiger partial charge on any atom is 0.270 e. The number of carbonyl (C=O) groups excluding carboxylic acids is 1. The Morgan fingerprint density at radius 3 is 2.66 bits per heavy atom. The number of ether oxygens (including phenoxy) is 2. The molecular weight excluding hydrogens is 522 g/mol. The molecule has 0 fully saturated rings. The lowest BCUT2D eigenvalue weighted by atomic mass is 10.1. The van der Waals surface area contributed by atoms with Crippen molar-refractivity contribution in [2.75, 3.05) is 20.8 Å². The van der Waals surface area contributed by atoms with E-state index >= 15 is 0 Å². The fourth-order valence-electron chi connectivity index (χ4n) is 3.79. The third-order valence-electron chi connectivity index (χ3n) is 5.65. The number of aromatic nitrogens is 4. The number of carbonyl (C=O) groups is 1. The van der Waals surface area contributed by atoms with Crippen LogP contribution in [0.2, 0.25) is 0 Å². The lowest BCUT2D eigenvalue weighted by Crippen LogP contribution is -2.26. The summed E-state index contributed by atoms with van der Waals surface area (Å²) < 4.78 is 18.1. The van der Waals surface area contributed by atoms with Crippen molar-refractivity contribution in [2.45, 2.75) is 17.3 Å². The first-order valence-corrected chi connectivity index (χ1v) is 13.6. The quantitative estimate of drug-likeness (QED) is 0.223. The Bertz CT molecular complexity index is 1500. The van der Waals surface area contributed by atoms with Crippen LogP contribution in [0.15, 0.2) is 81.9 Å². The SMILES string of the molecule is COc1ccc(CCNC(=O)c2csc(CSc3nnc(-c4ccco4)n3-c3ccccc3)n2)cc1OC. The highest BCUT2D eigenvalue weighted by Gasteiger charge is 2.19. The fourth-order valence-corrected chi connectivity index (χ4v) is 5.54. The van der Waals surface area contributed by atoms with Gasteiger partial charge in [-0.2, -0.15) is 0 Å². The van der Waals surface area contributed by atoms with Gasteiger partial charge in [0.15, 0.2) is 22.4 Å². The summed E-state index contributed by atoms with van der Waals surface area (Å²) in [6, 6.07) is 19.3. The van der Waals surface area contributed by atoms with Crippen LogP contribution in [0.25, 0.3) is 17.3 Å². The topological polar surface area (TPSA) is 104 Å². The Morgan fingerprint density at radius 1 is 1.05 bits per heavy atom. The Kier molecular flexibility index (Phi) is 8.05. The fraction of sp³-hybridized carbons (Fsp3) is 0.185. The molecule has 0 radical (unpaired) electrons. The van der Waals surface area contributed by atoms with Gasteiger partial charge in [-0.25, -0.2) is 4.98 Å². The van der Waals surface area contributed by atoms with Gasteiger partial charge in [0, 0.05) is 17.6 Å². The van der Waals surface area contributed by atoms with Crippen molar-refractivity contribution in [3.63, 3.8) is 0 Å². The molecule has 38 heavy (non-hydrogen) atoms. The number of nitrogens with zero attached hydrogens (tertiary/aromatic N) is 4. The molecule has 9 nitrogen and oxygen atoms in total. The van der Waals surface area contributed by atoms with Crippen molar-refractivity contribution in [1.29, 1.82) is 0 Å². The van der Waals surface area contributed by atoms with Gasteiger partial charge in [0.05, 0.1) is 26.2 Å². The van der Waals surface area contributed by atoms with Crippen LogP contribution in [0.3, 0.4) is 0 Å². The Morgan fingerprint density at radius 2 is 1.89 bits per heavy atom. The molecule has 0 aliphatic rings. The van der Waals surface area contributed by atoms with E-state index in [-0.39, 0.29) is 5.91 Å². The second-order valence-electron chi connectivity index (χ2n) is 8.06. The van der Waals surface area contributed by atoms with E-state index in [1.165, 1.54) is 23.1 Å². The van der Waals surface area contributed by atoms with Gasteiger partial charge < -0.3 is 19.2 Å². The summed E-state index contributed by atoms with van der Waals surface area (Å²) in [6.07, 6.45) is 2.27. The average molecular weight is 548 g/mol. The summed E-state index contributed by atoms with van der Waals surface area (Å²) in [5.41, 5.74) is 2.37. The van der Waals surface area contributed by atoms with Gasteiger partial charge >= 0.3 is 0 Å². The summed E-state index contributed by atoms with van der Waals surface area (Å²) in [4.78, 5) is 17.2. The highest BCUT2D eigenvalue weighted by Crippen LogP contribution is 2.31. The van der Waals surface area contributed by atoms with Gasteiger partial charge in [-0.05, 0) is 48.4 Å². The lowest BCUT2D eigenvalue weighted by molar-refractivity contribution is 0.0949. The predicted molar refractivity (Wildman–Crippen MR) is 146 cm³/mol. The predicted octanol–water partition coefficient (Wildman–Crippen LogP) is 5.27. The number of thiazole rings is 1. The van der Waals surface area contributed by atoms with Crippen LogP contribution < -0.4 is 14.8 Å². The van der Waals surface area contributed by atoms with Crippen molar-refractivity contribution in [3.05, 3.63) is 88.6 Å². The van der Waals surface area contributed by atoms with Crippen LogP contribution in [-0.2, 0) is 12.2 Å². The summed E-state index contributed by atoms with van der Waals surface area (Å²) in [5, 5.41) is 15.0. The number of rotatable bonds is 11. The molecule has 0 atom stereocenters. The number of hydrogen-bond acceptors (Lipinski definition) is 9.